The molecule has 1 unspecified atom stereocenters. The number of nitrogens with one attached hydrogen (secondary N) is 1. The molecule has 3 N–H and O–H groups in total. The van der Waals surface area contributed by atoms with Crippen LogP contribution in [0.3, 0.4) is 0 Å². The third kappa shape index (κ3) is 7.75. The number of methoxy groups -OCH3 is 1. The van der Waals surface area contributed by atoms with Gasteiger partial charge in [-0.2, -0.15) is 4.99 Å². The van der Waals surface area contributed by atoms with Crippen molar-refractivity contribution in [2.45, 2.75) is 12.8 Å². The van der Waals surface area contributed by atoms with Gasteiger partial charge in [-0.15, -0.1) is 6.58 Å². The van der Waals surface area contributed by atoms with Crippen LogP contribution < -0.4 is 11.1 Å². The fourth-order valence-electron chi connectivity index (χ4n) is 2.91. The number of ether oxygens (including phenoxy) is 1. The third-order valence-corrected chi connectivity index (χ3v) is 5.25. The van der Waals surface area contributed by atoms with Crippen LogP contribution in [0.4, 0.5) is 10.5 Å². The van der Waals surface area contributed by atoms with Gasteiger partial charge in [-0.25, -0.2) is 4.79 Å². The van der Waals surface area contributed by atoms with Gasteiger partial charge < -0.3 is 15.8 Å². The first-order valence-electron chi connectivity index (χ1n) is 9.61. The molecule has 2 aromatic rings. The molecule has 1 amide bonds. The number of nitrogens with zero attached hydrogens (tertiary/aromatic N) is 1. The fourth-order valence-corrected chi connectivity index (χ4v) is 3.53. The smallest absolute Gasteiger partial charge is 0.435 e. The lowest BCUT2D eigenvalue weighted by atomic mass is 9.88. The number of hydrogen-bond donors (Lipinski definition) is 2. The van der Waals surface area contributed by atoms with Gasteiger partial charge in [-0.3, -0.25) is 4.79 Å². The minimum atomic E-state index is -0.675. The van der Waals surface area contributed by atoms with Crippen LogP contribution in [0.25, 0.3) is 0 Å². The van der Waals surface area contributed by atoms with Crippen molar-refractivity contribution in [1.29, 1.82) is 0 Å². The number of amides is 1. The predicted molar refractivity (Wildman–Crippen MR) is 124 cm³/mol. The highest BCUT2D eigenvalue weighted by molar-refractivity contribution is 8.13. The van der Waals surface area contributed by atoms with Gasteiger partial charge in [0.1, 0.15) is 0 Å². The molecule has 2 aromatic carbocycles. The quantitative estimate of drug-likeness (QED) is 0.204. The number of Topliss-reactive ketones (excluding diaryl/α,β-unsaturated/α-hetero) is 1. The largest absolute Gasteiger partial charge is 0.451 e. The van der Waals surface area contributed by atoms with E-state index < -0.39 is 6.09 Å². The van der Waals surface area contributed by atoms with E-state index in [4.69, 9.17) is 5.73 Å². The number of nitrogen functional groups attached to an aromatic ring is 1. The standard InChI is InChI=1S/C23H27N3O3S/c1-3-14-30-22(26-23(28)29-2)25-13-12-19(15-17-8-7-11-20(24)16-17)21(27)18-9-5-4-6-10-18/h3-11,16,19H,1,12-15,24H2,2H3,(H,25,26,28). The Morgan fingerprint density at radius 2 is 2.00 bits per heavy atom. The molecule has 0 aromatic heterocycles. The first-order valence-corrected chi connectivity index (χ1v) is 10.6. The van der Waals surface area contributed by atoms with Crippen molar-refractivity contribution in [1.82, 2.24) is 5.32 Å². The molecular weight excluding hydrogens is 398 g/mol. The number of rotatable bonds is 9. The summed E-state index contributed by atoms with van der Waals surface area (Å²) >= 11 is 1.35. The molecular formula is C23H27N3O3S. The monoisotopic (exact) mass is 425 g/mol. The Morgan fingerprint density at radius 3 is 2.67 bits per heavy atom. The molecule has 0 aliphatic carbocycles. The van der Waals surface area contributed by atoms with E-state index in [1.54, 1.807) is 6.08 Å². The Balaban J connectivity index is 2.11. The molecule has 0 radical (unpaired) electrons. The maximum atomic E-state index is 13.1. The second kappa shape index (κ2) is 12.5. The van der Waals surface area contributed by atoms with Gasteiger partial charge in [0.05, 0.1) is 7.11 Å². The van der Waals surface area contributed by atoms with E-state index in [0.717, 1.165) is 5.56 Å². The Bertz CT molecular complexity index is 884. The molecule has 1 atom stereocenters. The van der Waals surface area contributed by atoms with E-state index in [9.17, 15) is 9.59 Å². The van der Waals surface area contributed by atoms with E-state index in [-0.39, 0.29) is 11.7 Å². The Kier molecular flexibility index (Phi) is 9.67. The number of anilines is 1. The number of hydrogen-bond acceptors (Lipinski definition) is 5. The molecule has 0 aliphatic heterocycles. The zero-order chi connectivity index (χ0) is 21.8. The van der Waals surface area contributed by atoms with Crippen molar-refractivity contribution in [2.75, 3.05) is 25.1 Å². The van der Waals surface area contributed by atoms with Crippen LogP contribution in [0.1, 0.15) is 22.3 Å². The molecule has 2 rings (SSSR count). The number of amidine groups is 1. The van der Waals surface area contributed by atoms with E-state index in [2.05, 4.69) is 21.6 Å². The fraction of sp³-hybridized carbons (Fsp3) is 0.261. The summed E-state index contributed by atoms with van der Waals surface area (Å²) in [4.78, 5) is 28.5. The minimum Gasteiger partial charge on any atom is -0.451 e. The molecule has 0 heterocycles. The molecule has 30 heavy (non-hydrogen) atoms. The summed E-state index contributed by atoms with van der Waals surface area (Å²) in [6, 6.07) is 16.8. The molecule has 7 heteroatoms. The van der Waals surface area contributed by atoms with Crippen molar-refractivity contribution in [3.8, 4) is 0 Å². The molecule has 0 bridgehead atoms. The number of nitrogens with two attached hydrogens (primary N) is 1. The van der Waals surface area contributed by atoms with Gasteiger partial charge >= 0.3 is 6.09 Å². The molecule has 0 fully saturated rings. The van der Waals surface area contributed by atoms with Crippen LogP contribution >= 0.6 is 11.8 Å². The van der Waals surface area contributed by atoms with E-state index in [1.807, 2.05) is 54.6 Å². The maximum Gasteiger partial charge on any atom is 0.435 e. The highest BCUT2D eigenvalue weighted by Gasteiger charge is 2.21. The lowest BCUT2D eigenvalue weighted by Gasteiger charge is -2.17. The third-order valence-electron chi connectivity index (χ3n) is 4.34. The second-order valence-electron chi connectivity index (χ2n) is 6.58. The molecule has 0 saturated carbocycles. The number of benzene rings is 2. The number of aliphatic imine (C=N–C) groups is 1. The van der Waals surface area contributed by atoms with Crippen LogP contribution in [-0.2, 0) is 11.2 Å². The topological polar surface area (TPSA) is 93.8 Å². The van der Waals surface area contributed by atoms with Crippen molar-refractivity contribution < 1.29 is 14.3 Å². The number of carbonyl (C=O) groups excluding carboxylic acids is 2. The normalized spacial score (nSPS) is 12.1. The van der Waals surface area contributed by atoms with Crippen LogP contribution in [0.15, 0.2) is 72.2 Å². The van der Waals surface area contributed by atoms with Crippen molar-refractivity contribution >= 4 is 34.5 Å². The summed E-state index contributed by atoms with van der Waals surface area (Å²) < 4.78 is 4.60. The molecule has 0 saturated heterocycles. The summed E-state index contributed by atoms with van der Waals surface area (Å²) in [5, 5.41) is 3.58. The van der Waals surface area contributed by atoms with Crippen LogP contribution in [0.5, 0.6) is 0 Å². The van der Waals surface area contributed by atoms with Crippen molar-refractivity contribution in [2.24, 2.45) is 10.9 Å². The predicted octanol–water partition coefficient (Wildman–Crippen LogP) is 4.33. The Morgan fingerprint density at radius 1 is 1.23 bits per heavy atom. The second-order valence-corrected chi connectivity index (χ2v) is 7.59. The zero-order valence-electron chi connectivity index (χ0n) is 17.0. The molecule has 6 nitrogen and oxygen atoms in total. The lowest BCUT2D eigenvalue weighted by Crippen LogP contribution is -2.28. The zero-order valence-corrected chi connectivity index (χ0v) is 17.9. The lowest BCUT2D eigenvalue weighted by molar-refractivity contribution is 0.0913. The molecule has 158 valence electrons. The van der Waals surface area contributed by atoms with Crippen LogP contribution in [0.2, 0.25) is 0 Å². The number of ketones is 1. The van der Waals surface area contributed by atoms with Crippen molar-refractivity contribution in [3.63, 3.8) is 0 Å². The summed E-state index contributed by atoms with van der Waals surface area (Å²) in [5.74, 6) is 0.425. The summed E-state index contributed by atoms with van der Waals surface area (Å²) in [6.45, 7) is 4.15. The number of thioether (sulfide) groups is 1. The van der Waals surface area contributed by atoms with Crippen LogP contribution in [-0.4, -0.2) is 36.5 Å². The van der Waals surface area contributed by atoms with E-state index in [0.29, 0.717) is 41.6 Å². The summed E-state index contributed by atoms with van der Waals surface area (Å²) in [6.07, 6.45) is 2.19. The molecule has 0 spiro atoms. The van der Waals surface area contributed by atoms with Gasteiger partial charge in [0, 0.05) is 29.5 Å². The average molecular weight is 426 g/mol. The van der Waals surface area contributed by atoms with E-state index >= 15 is 0 Å². The Hall–Kier alpha value is -3.06. The van der Waals surface area contributed by atoms with Gasteiger partial charge in [0.15, 0.2) is 11.0 Å². The maximum absolute atomic E-state index is 13.1. The summed E-state index contributed by atoms with van der Waals surface area (Å²) in [7, 11) is 1.28. The first-order chi connectivity index (χ1) is 14.5. The molecule has 0 aliphatic rings. The highest BCUT2D eigenvalue weighted by Crippen LogP contribution is 2.19. The minimum absolute atomic E-state index is 0.0741. The van der Waals surface area contributed by atoms with Crippen LogP contribution in [0, 0.1) is 5.92 Å². The first kappa shape index (κ1) is 23.2. The van der Waals surface area contributed by atoms with Gasteiger partial charge in [0.25, 0.3) is 0 Å². The van der Waals surface area contributed by atoms with Gasteiger partial charge in [-0.05, 0) is 30.5 Å². The number of carbonyl (C=O) groups is 2. The van der Waals surface area contributed by atoms with Crippen molar-refractivity contribution in [3.05, 3.63) is 78.4 Å². The van der Waals surface area contributed by atoms with Gasteiger partial charge in [0.2, 0.25) is 0 Å². The summed E-state index contributed by atoms with van der Waals surface area (Å²) in [5.41, 5.74) is 8.26. The highest BCUT2D eigenvalue weighted by atomic mass is 32.2. The SMILES string of the molecule is C=CCSC(=NC(=O)OC)NCCC(Cc1cccc(N)c1)C(=O)c1ccccc1. The average Bonchev–Trinajstić information content (AvgIpc) is 2.76. The van der Waals surface area contributed by atoms with E-state index in [1.165, 1.54) is 18.9 Å². The Labute approximate surface area is 181 Å². The van der Waals surface area contributed by atoms with Gasteiger partial charge in [-0.1, -0.05) is 60.3 Å².